The van der Waals surface area contributed by atoms with E-state index in [-0.39, 0.29) is 11.9 Å². The van der Waals surface area contributed by atoms with Gasteiger partial charge in [0.05, 0.1) is 11.4 Å². The van der Waals surface area contributed by atoms with E-state index in [9.17, 15) is 9.18 Å². The first-order valence-corrected chi connectivity index (χ1v) is 7.07. The van der Waals surface area contributed by atoms with Gasteiger partial charge in [0.1, 0.15) is 11.4 Å². The van der Waals surface area contributed by atoms with E-state index < -0.39 is 5.60 Å². The van der Waals surface area contributed by atoms with Crippen molar-refractivity contribution in [1.29, 1.82) is 0 Å². The first-order valence-electron chi connectivity index (χ1n) is 7.07. The summed E-state index contributed by atoms with van der Waals surface area (Å²) in [6.45, 7) is 8.26. The standard InChI is InChI=1S/C16H21FN2O2/c1-11-13(17)5-6-14(18-11)12-7-9-19(10-8-12)15(20)21-16(2,3)4/h5-7H,8-10H2,1-4H3. The van der Waals surface area contributed by atoms with Gasteiger partial charge in [-0.25, -0.2) is 9.18 Å². The fourth-order valence-electron chi connectivity index (χ4n) is 2.12. The first kappa shape index (κ1) is 15.5. The molecule has 0 saturated carbocycles. The van der Waals surface area contributed by atoms with Gasteiger partial charge in [-0.15, -0.1) is 0 Å². The third-order valence-electron chi connectivity index (χ3n) is 3.21. The van der Waals surface area contributed by atoms with Gasteiger partial charge in [-0.05, 0) is 51.8 Å². The Kier molecular flexibility index (Phi) is 4.30. The molecule has 1 aliphatic rings. The number of hydrogen-bond donors (Lipinski definition) is 0. The smallest absolute Gasteiger partial charge is 0.410 e. The van der Waals surface area contributed by atoms with E-state index in [1.165, 1.54) is 6.07 Å². The number of nitrogens with zero attached hydrogens (tertiary/aromatic N) is 2. The molecule has 4 nitrogen and oxygen atoms in total. The van der Waals surface area contributed by atoms with Crippen LogP contribution in [-0.4, -0.2) is 34.7 Å². The van der Waals surface area contributed by atoms with Gasteiger partial charge in [0.25, 0.3) is 0 Å². The van der Waals surface area contributed by atoms with Crippen molar-refractivity contribution < 1.29 is 13.9 Å². The maximum Gasteiger partial charge on any atom is 0.410 e. The van der Waals surface area contributed by atoms with Gasteiger partial charge in [0, 0.05) is 13.1 Å². The fraction of sp³-hybridized carbons (Fsp3) is 0.500. The van der Waals surface area contributed by atoms with Gasteiger partial charge in [-0.2, -0.15) is 0 Å². The number of rotatable bonds is 1. The minimum Gasteiger partial charge on any atom is -0.444 e. The molecule has 1 aliphatic heterocycles. The number of carbonyl (C=O) groups is 1. The average molecular weight is 292 g/mol. The molecule has 2 rings (SSSR count). The molecule has 2 heterocycles. The summed E-state index contributed by atoms with van der Waals surface area (Å²) in [5, 5.41) is 0. The molecule has 1 aromatic rings. The molecule has 1 aromatic heterocycles. The molecule has 0 atom stereocenters. The van der Waals surface area contributed by atoms with E-state index in [2.05, 4.69) is 4.98 Å². The monoisotopic (exact) mass is 292 g/mol. The highest BCUT2D eigenvalue weighted by molar-refractivity contribution is 5.71. The van der Waals surface area contributed by atoms with Gasteiger partial charge >= 0.3 is 6.09 Å². The minimum absolute atomic E-state index is 0.300. The fourth-order valence-corrected chi connectivity index (χ4v) is 2.12. The van der Waals surface area contributed by atoms with E-state index in [0.29, 0.717) is 25.2 Å². The summed E-state index contributed by atoms with van der Waals surface area (Å²) in [7, 11) is 0. The van der Waals surface area contributed by atoms with Crippen molar-refractivity contribution in [2.75, 3.05) is 13.1 Å². The summed E-state index contributed by atoms with van der Waals surface area (Å²) >= 11 is 0. The maximum atomic E-state index is 13.2. The second-order valence-electron chi connectivity index (χ2n) is 6.17. The number of aryl methyl sites for hydroxylation is 1. The van der Waals surface area contributed by atoms with Gasteiger partial charge in [0.2, 0.25) is 0 Å². The van der Waals surface area contributed by atoms with Crippen LogP contribution in [0.25, 0.3) is 5.57 Å². The lowest BCUT2D eigenvalue weighted by Gasteiger charge is -2.29. The Balaban J connectivity index is 2.05. The summed E-state index contributed by atoms with van der Waals surface area (Å²) < 4.78 is 18.6. The summed E-state index contributed by atoms with van der Waals surface area (Å²) in [5.74, 6) is -0.300. The van der Waals surface area contributed by atoms with Gasteiger partial charge in [-0.1, -0.05) is 6.08 Å². The highest BCUT2D eigenvalue weighted by atomic mass is 19.1. The molecule has 0 spiro atoms. The number of hydrogen-bond acceptors (Lipinski definition) is 3. The molecule has 0 aromatic carbocycles. The Morgan fingerprint density at radius 2 is 2.10 bits per heavy atom. The second-order valence-corrected chi connectivity index (χ2v) is 6.17. The number of amides is 1. The normalized spacial score (nSPS) is 15.7. The molecule has 0 unspecified atom stereocenters. The van der Waals surface area contributed by atoms with Crippen molar-refractivity contribution in [2.45, 2.75) is 39.7 Å². The van der Waals surface area contributed by atoms with Crippen molar-refractivity contribution in [3.63, 3.8) is 0 Å². The average Bonchev–Trinajstić information content (AvgIpc) is 2.40. The Hall–Kier alpha value is -1.91. The Morgan fingerprint density at radius 3 is 2.62 bits per heavy atom. The van der Waals surface area contributed by atoms with Crippen molar-refractivity contribution >= 4 is 11.7 Å². The summed E-state index contributed by atoms with van der Waals surface area (Å²) in [5.41, 5.74) is 1.72. The maximum absolute atomic E-state index is 13.2. The molecule has 0 saturated heterocycles. The van der Waals surface area contributed by atoms with E-state index in [1.54, 1.807) is 17.9 Å². The zero-order chi connectivity index (χ0) is 15.6. The molecular formula is C16H21FN2O2. The Labute approximate surface area is 124 Å². The SMILES string of the molecule is Cc1nc(C2=CCN(C(=O)OC(C)(C)C)CC2)ccc1F. The molecule has 0 aliphatic carbocycles. The molecule has 0 fully saturated rings. The largest absolute Gasteiger partial charge is 0.444 e. The van der Waals surface area contributed by atoms with Crippen molar-refractivity contribution in [1.82, 2.24) is 9.88 Å². The zero-order valence-corrected chi connectivity index (χ0v) is 12.9. The summed E-state index contributed by atoms with van der Waals surface area (Å²) in [4.78, 5) is 17.9. The second kappa shape index (κ2) is 5.84. The summed E-state index contributed by atoms with van der Waals surface area (Å²) in [6.07, 6.45) is 2.34. The van der Waals surface area contributed by atoms with Crippen LogP contribution >= 0.6 is 0 Å². The lowest BCUT2D eigenvalue weighted by molar-refractivity contribution is 0.0270. The lowest BCUT2D eigenvalue weighted by atomic mass is 10.0. The van der Waals surface area contributed by atoms with E-state index in [4.69, 9.17) is 4.74 Å². The van der Waals surface area contributed by atoms with Crippen molar-refractivity contribution in [2.24, 2.45) is 0 Å². The molecule has 0 radical (unpaired) electrons. The topological polar surface area (TPSA) is 42.4 Å². The van der Waals surface area contributed by atoms with Crippen LogP contribution in [0.15, 0.2) is 18.2 Å². The first-order chi connectivity index (χ1) is 9.76. The Morgan fingerprint density at radius 1 is 1.38 bits per heavy atom. The highest BCUT2D eigenvalue weighted by Gasteiger charge is 2.24. The van der Waals surface area contributed by atoms with Crippen molar-refractivity contribution in [3.8, 4) is 0 Å². The number of aromatic nitrogens is 1. The third-order valence-corrected chi connectivity index (χ3v) is 3.21. The highest BCUT2D eigenvalue weighted by Crippen LogP contribution is 2.22. The molecule has 1 amide bonds. The number of halogens is 1. The van der Waals surface area contributed by atoms with Crippen LogP contribution < -0.4 is 0 Å². The van der Waals surface area contributed by atoms with E-state index in [1.807, 2.05) is 26.8 Å². The molecular weight excluding hydrogens is 271 g/mol. The molecule has 114 valence electrons. The van der Waals surface area contributed by atoms with Gasteiger partial charge in [-0.3, -0.25) is 4.98 Å². The Bertz CT molecular complexity index is 576. The van der Waals surface area contributed by atoms with Crippen LogP contribution in [0.2, 0.25) is 0 Å². The van der Waals surface area contributed by atoms with Crippen LogP contribution in [0.5, 0.6) is 0 Å². The van der Waals surface area contributed by atoms with Crippen LogP contribution in [0, 0.1) is 12.7 Å². The zero-order valence-electron chi connectivity index (χ0n) is 12.9. The predicted octanol–water partition coefficient (Wildman–Crippen LogP) is 3.55. The van der Waals surface area contributed by atoms with Crippen LogP contribution in [0.4, 0.5) is 9.18 Å². The number of pyridine rings is 1. The molecule has 5 heteroatoms. The van der Waals surface area contributed by atoms with E-state index >= 15 is 0 Å². The van der Waals surface area contributed by atoms with Crippen molar-refractivity contribution in [3.05, 3.63) is 35.4 Å². The van der Waals surface area contributed by atoms with Gasteiger partial charge in [0.15, 0.2) is 0 Å². The lowest BCUT2D eigenvalue weighted by Crippen LogP contribution is -2.39. The van der Waals surface area contributed by atoms with Crippen LogP contribution in [0.3, 0.4) is 0 Å². The molecule has 21 heavy (non-hydrogen) atoms. The quantitative estimate of drug-likeness (QED) is 0.795. The number of ether oxygens (including phenoxy) is 1. The number of carbonyl (C=O) groups excluding carboxylic acids is 1. The van der Waals surface area contributed by atoms with Crippen LogP contribution in [0.1, 0.15) is 38.6 Å². The molecule has 0 bridgehead atoms. The molecule has 0 N–H and O–H groups in total. The predicted molar refractivity (Wildman–Crippen MR) is 79.3 cm³/mol. The summed E-state index contributed by atoms with van der Waals surface area (Å²) in [6, 6.07) is 3.11. The third kappa shape index (κ3) is 4.03. The minimum atomic E-state index is -0.489. The van der Waals surface area contributed by atoms with Crippen LogP contribution in [-0.2, 0) is 4.74 Å². The van der Waals surface area contributed by atoms with Gasteiger partial charge < -0.3 is 9.64 Å². The van der Waals surface area contributed by atoms with E-state index in [0.717, 1.165) is 11.3 Å².